The molecule has 1 atom stereocenters. The molecule has 2 aromatic rings. The van der Waals surface area contributed by atoms with Crippen molar-refractivity contribution in [2.45, 2.75) is 12.3 Å². The predicted octanol–water partition coefficient (Wildman–Crippen LogP) is 1.15. The highest BCUT2D eigenvalue weighted by atomic mass is 16.5. The third-order valence-electron chi connectivity index (χ3n) is 4.09. The highest BCUT2D eigenvalue weighted by Crippen LogP contribution is 2.32. The molecule has 3 N–H and O–H groups in total. The van der Waals surface area contributed by atoms with Gasteiger partial charge in [-0.15, -0.1) is 0 Å². The van der Waals surface area contributed by atoms with Crippen LogP contribution in [-0.2, 0) is 0 Å². The zero-order valence-corrected chi connectivity index (χ0v) is 12.8. The number of rotatable bonds is 4. The van der Waals surface area contributed by atoms with E-state index in [-0.39, 0.29) is 17.5 Å². The Morgan fingerprint density at radius 3 is 2.83 bits per heavy atom. The van der Waals surface area contributed by atoms with Gasteiger partial charge in [0, 0.05) is 30.8 Å². The quantitative estimate of drug-likeness (QED) is 0.883. The topological polar surface area (TPSA) is 101 Å². The molecule has 1 aliphatic rings. The van der Waals surface area contributed by atoms with E-state index in [1.54, 1.807) is 24.3 Å². The molecule has 1 aliphatic heterocycles. The largest absolute Gasteiger partial charge is 0.481 e. The summed E-state index contributed by atoms with van der Waals surface area (Å²) in [6.07, 6.45) is 2.53. The summed E-state index contributed by atoms with van der Waals surface area (Å²) >= 11 is 0. The number of ether oxygens (including phenoxy) is 1. The van der Waals surface area contributed by atoms with Crippen LogP contribution in [0.3, 0.4) is 0 Å². The van der Waals surface area contributed by atoms with E-state index in [9.17, 15) is 9.59 Å². The summed E-state index contributed by atoms with van der Waals surface area (Å²) in [4.78, 5) is 32.4. The molecule has 2 amide bonds. The molecule has 1 unspecified atom stereocenters. The van der Waals surface area contributed by atoms with Gasteiger partial charge in [-0.3, -0.25) is 9.59 Å². The SMILES string of the molecule is COc1ncccc1C1CCN(C(=O)c2ccc(C(N)=O)[nH]2)C1. The summed E-state index contributed by atoms with van der Waals surface area (Å²) in [5.41, 5.74) is 6.81. The number of hydrogen-bond acceptors (Lipinski definition) is 4. The monoisotopic (exact) mass is 314 g/mol. The fraction of sp³-hybridized carbons (Fsp3) is 0.312. The molecule has 0 bridgehead atoms. The summed E-state index contributed by atoms with van der Waals surface area (Å²) < 4.78 is 5.30. The normalized spacial score (nSPS) is 17.3. The van der Waals surface area contributed by atoms with Gasteiger partial charge in [-0.05, 0) is 24.6 Å². The van der Waals surface area contributed by atoms with Gasteiger partial charge in [0.25, 0.3) is 11.8 Å². The zero-order valence-electron chi connectivity index (χ0n) is 12.8. The Morgan fingerprint density at radius 2 is 2.13 bits per heavy atom. The third kappa shape index (κ3) is 2.90. The summed E-state index contributed by atoms with van der Waals surface area (Å²) in [5, 5.41) is 0. The molecule has 2 aromatic heterocycles. The molecule has 0 saturated carbocycles. The second-order valence-corrected chi connectivity index (χ2v) is 5.49. The Bertz CT molecular complexity index is 740. The minimum Gasteiger partial charge on any atom is -0.481 e. The van der Waals surface area contributed by atoms with Crippen molar-refractivity contribution >= 4 is 11.8 Å². The molecule has 0 aliphatic carbocycles. The van der Waals surface area contributed by atoms with Gasteiger partial charge < -0.3 is 20.4 Å². The van der Waals surface area contributed by atoms with Crippen LogP contribution in [0.5, 0.6) is 5.88 Å². The van der Waals surface area contributed by atoms with E-state index in [0.717, 1.165) is 12.0 Å². The number of carbonyl (C=O) groups is 2. The number of pyridine rings is 1. The fourth-order valence-electron chi connectivity index (χ4n) is 2.92. The van der Waals surface area contributed by atoms with Crippen molar-refractivity contribution in [2.24, 2.45) is 5.73 Å². The van der Waals surface area contributed by atoms with Crippen molar-refractivity contribution in [3.8, 4) is 5.88 Å². The first-order valence-corrected chi connectivity index (χ1v) is 7.37. The van der Waals surface area contributed by atoms with Gasteiger partial charge >= 0.3 is 0 Å². The van der Waals surface area contributed by atoms with Crippen LogP contribution in [0.1, 0.15) is 38.9 Å². The molecule has 0 spiro atoms. The van der Waals surface area contributed by atoms with Gasteiger partial charge in [-0.25, -0.2) is 4.98 Å². The number of aromatic amines is 1. The van der Waals surface area contributed by atoms with Gasteiger partial charge in [0.2, 0.25) is 5.88 Å². The lowest BCUT2D eigenvalue weighted by Crippen LogP contribution is -2.29. The van der Waals surface area contributed by atoms with Crippen LogP contribution < -0.4 is 10.5 Å². The average molecular weight is 314 g/mol. The van der Waals surface area contributed by atoms with Gasteiger partial charge in [0.15, 0.2) is 0 Å². The van der Waals surface area contributed by atoms with E-state index in [1.807, 2.05) is 12.1 Å². The number of amides is 2. The van der Waals surface area contributed by atoms with Crippen molar-refractivity contribution in [3.63, 3.8) is 0 Å². The molecule has 23 heavy (non-hydrogen) atoms. The summed E-state index contributed by atoms with van der Waals surface area (Å²) in [6, 6.07) is 6.95. The van der Waals surface area contributed by atoms with Gasteiger partial charge in [-0.1, -0.05) is 6.07 Å². The maximum absolute atomic E-state index is 12.5. The van der Waals surface area contributed by atoms with E-state index in [1.165, 1.54) is 6.07 Å². The maximum atomic E-state index is 12.5. The van der Waals surface area contributed by atoms with Gasteiger partial charge in [0.05, 0.1) is 7.11 Å². The lowest BCUT2D eigenvalue weighted by atomic mass is 10.00. The Balaban J connectivity index is 1.74. The summed E-state index contributed by atoms with van der Waals surface area (Å²) in [5.74, 6) is 0.0714. The summed E-state index contributed by atoms with van der Waals surface area (Å²) in [6.45, 7) is 1.23. The van der Waals surface area contributed by atoms with Crippen LogP contribution in [0.15, 0.2) is 30.5 Å². The number of nitrogens with zero attached hydrogens (tertiary/aromatic N) is 2. The van der Waals surface area contributed by atoms with E-state index in [4.69, 9.17) is 10.5 Å². The number of nitrogens with one attached hydrogen (secondary N) is 1. The molecule has 1 fully saturated rings. The van der Waals surface area contributed by atoms with Gasteiger partial charge in [-0.2, -0.15) is 0 Å². The second kappa shape index (κ2) is 6.12. The third-order valence-corrected chi connectivity index (χ3v) is 4.09. The van der Waals surface area contributed by atoms with Crippen molar-refractivity contribution in [3.05, 3.63) is 47.4 Å². The van der Waals surface area contributed by atoms with E-state index < -0.39 is 5.91 Å². The van der Waals surface area contributed by atoms with Crippen LogP contribution in [-0.4, -0.2) is 46.9 Å². The van der Waals surface area contributed by atoms with E-state index in [0.29, 0.717) is 24.7 Å². The van der Waals surface area contributed by atoms with Gasteiger partial charge in [0.1, 0.15) is 11.4 Å². The molecule has 120 valence electrons. The first kappa shape index (κ1) is 15.1. The minimum absolute atomic E-state index is 0.136. The highest BCUT2D eigenvalue weighted by Gasteiger charge is 2.30. The molecular weight excluding hydrogens is 296 g/mol. The Kier molecular flexibility index (Phi) is 4.01. The molecule has 7 nitrogen and oxygen atoms in total. The molecule has 3 rings (SSSR count). The van der Waals surface area contributed by atoms with Crippen LogP contribution >= 0.6 is 0 Å². The first-order chi connectivity index (χ1) is 11.1. The fourth-order valence-corrected chi connectivity index (χ4v) is 2.92. The van der Waals surface area contributed by atoms with Crippen LogP contribution in [0.25, 0.3) is 0 Å². The highest BCUT2D eigenvalue weighted by molar-refractivity contribution is 5.96. The maximum Gasteiger partial charge on any atom is 0.270 e. The summed E-state index contributed by atoms with van der Waals surface area (Å²) in [7, 11) is 1.59. The number of carbonyl (C=O) groups excluding carboxylic acids is 2. The number of methoxy groups -OCH3 is 1. The lowest BCUT2D eigenvalue weighted by Gasteiger charge is -2.16. The second-order valence-electron chi connectivity index (χ2n) is 5.49. The number of likely N-dealkylation sites (tertiary alicyclic amines) is 1. The predicted molar refractivity (Wildman–Crippen MR) is 83.4 cm³/mol. The Morgan fingerprint density at radius 1 is 1.35 bits per heavy atom. The molecule has 0 radical (unpaired) electrons. The van der Waals surface area contributed by atoms with Crippen LogP contribution in [0.4, 0.5) is 0 Å². The molecular formula is C16H18N4O3. The minimum atomic E-state index is -0.580. The number of nitrogens with two attached hydrogens (primary N) is 1. The van der Waals surface area contributed by atoms with Crippen LogP contribution in [0.2, 0.25) is 0 Å². The molecule has 3 heterocycles. The van der Waals surface area contributed by atoms with Crippen molar-refractivity contribution < 1.29 is 14.3 Å². The Hall–Kier alpha value is -2.83. The van der Waals surface area contributed by atoms with E-state index >= 15 is 0 Å². The standard InChI is InChI=1S/C16H18N4O3/c1-23-15-11(3-2-7-18-15)10-6-8-20(9-10)16(22)13-5-4-12(19-13)14(17)21/h2-5,7,10,19H,6,8-9H2,1H3,(H2,17,21). The average Bonchev–Trinajstić information content (AvgIpc) is 3.23. The molecule has 1 saturated heterocycles. The number of H-pyrrole nitrogens is 1. The van der Waals surface area contributed by atoms with Crippen molar-refractivity contribution in [1.29, 1.82) is 0 Å². The molecule has 0 aromatic carbocycles. The molecule has 7 heteroatoms. The zero-order chi connectivity index (χ0) is 16.4. The number of hydrogen-bond donors (Lipinski definition) is 2. The number of primary amides is 1. The smallest absolute Gasteiger partial charge is 0.270 e. The van der Waals surface area contributed by atoms with Crippen molar-refractivity contribution in [1.82, 2.24) is 14.9 Å². The lowest BCUT2D eigenvalue weighted by molar-refractivity contribution is 0.0785. The van der Waals surface area contributed by atoms with Crippen molar-refractivity contribution in [2.75, 3.05) is 20.2 Å². The van der Waals surface area contributed by atoms with Crippen LogP contribution in [0, 0.1) is 0 Å². The number of aromatic nitrogens is 2. The van der Waals surface area contributed by atoms with E-state index in [2.05, 4.69) is 9.97 Å². The Labute approximate surface area is 133 Å². The first-order valence-electron chi connectivity index (χ1n) is 7.37.